The van der Waals surface area contributed by atoms with E-state index in [1.807, 2.05) is 6.92 Å². The maximum Gasteiger partial charge on any atom is 0.229 e. The number of carbonyl (C=O) groups is 1. The van der Waals surface area contributed by atoms with E-state index in [1.54, 1.807) is 17.2 Å². The summed E-state index contributed by atoms with van der Waals surface area (Å²) in [5.41, 5.74) is 1.33. The summed E-state index contributed by atoms with van der Waals surface area (Å²) in [6.07, 6.45) is 2.08. The van der Waals surface area contributed by atoms with Gasteiger partial charge in [0.1, 0.15) is 6.07 Å². The minimum absolute atomic E-state index is 0.0106. The van der Waals surface area contributed by atoms with E-state index in [2.05, 4.69) is 27.0 Å². The molecule has 1 aliphatic rings. The normalized spacial score (nSPS) is 19.9. The van der Waals surface area contributed by atoms with Crippen LogP contribution in [0.1, 0.15) is 17.5 Å². The van der Waals surface area contributed by atoms with Gasteiger partial charge in [0.15, 0.2) is 5.82 Å². The number of anilines is 1. The predicted octanol–water partition coefficient (Wildman–Crippen LogP) is 1.76. The Morgan fingerprint density at radius 2 is 2.44 bits per heavy atom. The molecule has 1 aromatic rings. The van der Waals surface area contributed by atoms with Crippen molar-refractivity contribution in [1.82, 2.24) is 4.98 Å². The molecule has 1 fully saturated rings. The summed E-state index contributed by atoms with van der Waals surface area (Å²) in [7, 11) is 0. The Hall–Kier alpha value is -1.41. The fourth-order valence-corrected chi connectivity index (χ4v) is 2.32. The van der Waals surface area contributed by atoms with Crippen LogP contribution in [0.2, 0.25) is 0 Å². The molecule has 0 aromatic carbocycles. The van der Waals surface area contributed by atoms with Crippen LogP contribution in [0.3, 0.4) is 0 Å². The van der Waals surface area contributed by atoms with Gasteiger partial charge < -0.3 is 0 Å². The zero-order chi connectivity index (χ0) is 11.7. The summed E-state index contributed by atoms with van der Waals surface area (Å²) >= 11 is 3.41. The number of aromatic nitrogens is 1. The largest absolute Gasteiger partial charge is 0.295 e. The first-order chi connectivity index (χ1) is 7.63. The number of nitrogens with zero attached hydrogens (tertiary/aromatic N) is 3. The minimum atomic E-state index is 0.0106. The lowest BCUT2D eigenvalue weighted by atomic mass is 10.1. The number of alkyl halides is 1. The van der Waals surface area contributed by atoms with Crippen molar-refractivity contribution in [2.45, 2.75) is 18.2 Å². The molecule has 1 amide bonds. The van der Waals surface area contributed by atoms with Crippen LogP contribution in [0.15, 0.2) is 12.3 Å². The molecule has 16 heavy (non-hydrogen) atoms. The minimum Gasteiger partial charge on any atom is -0.295 e. The topological polar surface area (TPSA) is 57.0 Å². The first-order valence-corrected chi connectivity index (χ1v) is 5.85. The molecule has 0 spiro atoms. The Bertz CT molecular complexity index is 481. The van der Waals surface area contributed by atoms with E-state index < -0.39 is 0 Å². The van der Waals surface area contributed by atoms with Crippen molar-refractivity contribution in [3.05, 3.63) is 23.4 Å². The molecule has 0 bridgehead atoms. The molecule has 82 valence electrons. The molecule has 0 N–H and O–H groups in total. The molecule has 4 nitrogen and oxygen atoms in total. The number of nitriles is 1. The monoisotopic (exact) mass is 279 g/mol. The van der Waals surface area contributed by atoms with Crippen LogP contribution in [0, 0.1) is 18.3 Å². The van der Waals surface area contributed by atoms with E-state index in [4.69, 9.17) is 5.26 Å². The zero-order valence-electron chi connectivity index (χ0n) is 8.77. The van der Waals surface area contributed by atoms with Gasteiger partial charge in [0, 0.05) is 24.0 Å². The molecule has 1 aromatic heterocycles. The third-order valence-electron chi connectivity index (χ3n) is 2.58. The Morgan fingerprint density at radius 1 is 1.69 bits per heavy atom. The molecule has 0 saturated carbocycles. The lowest BCUT2D eigenvalue weighted by molar-refractivity contribution is -0.117. The van der Waals surface area contributed by atoms with Gasteiger partial charge in [-0.15, -0.1) is 0 Å². The van der Waals surface area contributed by atoms with Gasteiger partial charge in [0.2, 0.25) is 5.91 Å². The Balaban J connectivity index is 2.45. The van der Waals surface area contributed by atoms with Crippen LogP contribution in [0.4, 0.5) is 5.82 Å². The highest BCUT2D eigenvalue weighted by atomic mass is 79.9. The zero-order valence-corrected chi connectivity index (χ0v) is 10.4. The molecule has 0 aliphatic carbocycles. The highest BCUT2D eigenvalue weighted by Gasteiger charge is 2.31. The predicted molar refractivity (Wildman–Crippen MR) is 63.4 cm³/mol. The SMILES string of the molecule is Cc1ccnc(N2CC(Br)CC2=O)c1C#N. The average molecular weight is 280 g/mol. The highest BCUT2D eigenvalue weighted by molar-refractivity contribution is 9.09. The van der Waals surface area contributed by atoms with Gasteiger partial charge in [-0.1, -0.05) is 15.9 Å². The fourth-order valence-electron chi connectivity index (χ4n) is 1.76. The number of rotatable bonds is 1. The average Bonchev–Trinajstić information content (AvgIpc) is 2.57. The molecule has 0 radical (unpaired) electrons. The van der Waals surface area contributed by atoms with Crippen LogP contribution in [-0.2, 0) is 4.79 Å². The van der Waals surface area contributed by atoms with Gasteiger partial charge in [-0.2, -0.15) is 5.26 Å². The van der Waals surface area contributed by atoms with Crippen LogP contribution < -0.4 is 4.90 Å². The maximum absolute atomic E-state index is 11.7. The molecular weight excluding hydrogens is 270 g/mol. The first kappa shape index (κ1) is 11.1. The quantitative estimate of drug-likeness (QED) is 0.736. The lowest BCUT2D eigenvalue weighted by Gasteiger charge is -2.16. The third kappa shape index (κ3) is 1.81. The lowest BCUT2D eigenvalue weighted by Crippen LogP contribution is -2.26. The van der Waals surface area contributed by atoms with E-state index in [1.165, 1.54) is 0 Å². The van der Waals surface area contributed by atoms with Crippen molar-refractivity contribution in [3.63, 3.8) is 0 Å². The van der Waals surface area contributed by atoms with Crippen molar-refractivity contribution in [1.29, 1.82) is 5.26 Å². The molecule has 1 unspecified atom stereocenters. The van der Waals surface area contributed by atoms with Crippen molar-refractivity contribution in [2.75, 3.05) is 11.4 Å². The highest BCUT2D eigenvalue weighted by Crippen LogP contribution is 2.27. The molecule has 5 heteroatoms. The van der Waals surface area contributed by atoms with E-state index in [0.717, 1.165) is 5.56 Å². The van der Waals surface area contributed by atoms with Crippen LogP contribution in [0.5, 0.6) is 0 Å². The standard InChI is InChI=1S/C11H10BrN3O/c1-7-2-3-14-11(9(7)5-13)15-6-8(12)4-10(15)16/h2-3,8H,4,6H2,1H3. The number of carbonyl (C=O) groups excluding carboxylic acids is 1. The second kappa shape index (κ2) is 4.22. The third-order valence-corrected chi connectivity index (χ3v) is 3.20. The van der Waals surface area contributed by atoms with Crippen LogP contribution in [-0.4, -0.2) is 22.3 Å². The van der Waals surface area contributed by atoms with E-state index >= 15 is 0 Å². The molecule has 1 aliphatic heterocycles. The van der Waals surface area contributed by atoms with E-state index in [-0.39, 0.29) is 10.7 Å². The van der Waals surface area contributed by atoms with Crippen molar-refractivity contribution in [3.8, 4) is 6.07 Å². The van der Waals surface area contributed by atoms with Crippen molar-refractivity contribution < 1.29 is 4.79 Å². The van der Waals surface area contributed by atoms with Gasteiger partial charge in [0.25, 0.3) is 0 Å². The number of amides is 1. The summed E-state index contributed by atoms with van der Waals surface area (Å²) in [4.78, 5) is 17.6. The number of hydrogen-bond acceptors (Lipinski definition) is 3. The van der Waals surface area contributed by atoms with Gasteiger partial charge in [-0.25, -0.2) is 4.98 Å². The summed E-state index contributed by atoms with van der Waals surface area (Å²) in [6, 6.07) is 3.88. The second-order valence-corrected chi connectivity index (χ2v) is 5.04. The van der Waals surface area contributed by atoms with Crippen LogP contribution >= 0.6 is 15.9 Å². The smallest absolute Gasteiger partial charge is 0.229 e. The number of hydrogen-bond donors (Lipinski definition) is 0. The molecular formula is C11H10BrN3O. The maximum atomic E-state index is 11.7. The van der Waals surface area contributed by atoms with Crippen molar-refractivity contribution >= 4 is 27.7 Å². The fraction of sp³-hybridized carbons (Fsp3) is 0.364. The molecule has 2 heterocycles. The summed E-state index contributed by atoms with van der Waals surface area (Å²) in [5, 5.41) is 9.07. The van der Waals surface area contributed by atoms with Gasteiger partial charge in [-0.3, -0.25) is 9.69 Å². The second-order valence-electron chi connectivity index (χ2n) is 3.74. The van der Waals surface area contributed by atoms with E-state index in [0.29, 0.717) is 24.3 Å². The van der Waals surface area contributed by atoms with Gasteiger partial charge in [-0.05, 0) is 18.6 Å². The van der Waals surface area contributed by atoms with Crippen molar-refractivity contribution in [2.24, 2.45) is 0 Å². The number of halogens is 1. The first-order valence-electron chi connectivity index (χ1n) is 4.93. The Morgan fingerprint density at radius 3 is 3.00 bits per heavy atom. The molecule has 2 rings (SSSR count). The summed E-state index contributed by atoms with van der Waals surface area (Å²) in [5.74, 6) is 0.492. The van der Waals surface area contributed by atoms with Crippen LogP contribution in [0.25, 0.3) is 0 Å². The number of aryl methyl sites for hydroxylation is 1. The van der Waals surface area contributed by atoms with E-state index in [9.17, 15) is 4.79 Å². The Kier molecular flexibility index (Phi) is 2.92. The Labute approximate surface area is 102 Å². The number of pyridine rings is 1. The summed E-state index contributed by atoms with van der Waals surface area (Å²) in [6.45, 7) is 2.42. The molecule has 1 atom stereocenters. The van der Waals surface area contributed by atoms with Gasteiger partial charge in [0.05, 0.1) is 5.56 Å². The summed E-state index contributed by atoms with van der Waals surface area (Å²) < 4.78 is 0. The molecule has 1 saturated heterocycles. The van der Waals surface area contributed by atoms with Gasteiger partial charge >= 0.3 is 0 Å².